The van der Waals surface area contributed by atoms with Gasteiger partial charge in [-0.1, -0.05) is 15.9 Å². The van der Waals surface area contributed by atoms with Gasteiger partial charge in [0.05, 0.1) is 26.3 Å². The summed E-state index contributed by atoms with van der Waals surface area (Å²) in [5.74, 6) is -0.116. The first-order chi connectivity index (χ1) is 7.99. The fourth-order valence-electron chi connectivity index (χ4n) is 1.28. The van der Waals surface area contributed by atoms with Crippen LogP contribution in [0.25, 0.3) is 0 Å². The molecule has 0 unspecified atom stereocenters. The lowest BCUT2D eigenvalue weighted by molar-refractivity contribution is -0.139. The van der Waals surface area contributed by atoms with E-state index in [1.54, 1.807) is 0 Å². The van der Waals surface area contributed by atoms with Crippen LogP contribution in [-0.2, 0) is 16.0 Å². The lowest BCUT2D eigenvalue weighted by atomic mass is 10.1. The van der Waals surface area contributed by atoms with Crippen LogP contribution in [0.5, 0.6) is 5.75 Å². The molecule has 0 radical (unpaired) electrons. The van der Waals surface area contributed by atoms with E-state index in [-0.39, 0.29) is 17.3 Å². The number of ether oxygens (including phenoxy) is 2. The third-order valence-corrected chi connectivity index (χ3v) is 2.84. The summed E-state index contributed by atoms with van der Waals surface area (Å²) in [5, 5.41) is 19.3. The van der Waals surface area contributed by atoms with Gasteiger partial charge in [-0.15, -0.1) is 0 Å². The highest BCUT2D eigenvalue weighted by Crippen LogP contribution is 2.32. The number of hydrogen-bond donors (Lipinski definition) is 1. The van der Waals surface area contributed by atoms with Crippen molar-refractivity contribution in [3.8, 4) is 5.75 Å². The van der Waals surface area contributed by atoms with E-state index in [9.17, 15) is 10.0 Å². The molecule has 0 saturated heterocycles. The quantitative estimate of drug-likeness (QED) is 0.675. The summed E-state index contributed by atoms with van der Waals surface area (Å²) in [5.41, 5.74) is 0.548. The Kier molecular flexibility index (Phi) is 4.73. The van der Waals surface area contributed by atoms with Crippen LogP contribution < -0.4 is 9.96 Å². The summed E-state index contributed by atoms with van der Waals surface area (Å²) >= 11 is 3.20. The van der Waals surface area contributed by atoms with Crippen LogP contribution in [0.4, 0.5) is 5.69 Å². The SMILES string of the molecule is COC(=O)Cc1c(Br)cc(N([O-])O)cc1OC. The highest BCUT2D eigenvalue weighted by molar-refractivity contribution is 9.10. The number of anilines is 1. The zero-order chi connectivity index (χ0) is 13.0. The molecule has 94 valence electrons. The van der Waals surface area contributed by atoms with Crippen molar-refractivity contribution in [3.63, 3.8) is 0 Å². The first kappa shape index (κ1) is 13.8. The van der Waals surface area contributed by atoms with Crippen molar-refractivity contribution in [3.05, 3.63) is 27.4 Å². The molecule has 1 N–H and O–H groups in total. The Morgan fingerprint density at radius 1 is 1.53 bits per heavy atom. The molecule has 1 aromatic rings. The lowest BCUT2D eigenvalue weighted by Gasteiger charge is -2.23. The first-order valence-corrected chi connectivity index (χ1v) is 5.38. The van der Waals surface area contributed by atoms with Crippen LogP contribution in [0, 0.1) is 5.21 Å². The molecule has 0 aliphatic carbocycles. The number of hydrogen-bond acceptors (Lipinski definition) is 6. The molecule has 6 nitrogen and oxygen atoms in total. The zero-order valence-electron chi connectivity index (χ0n) is 9.27. The van der Waals surface area contributed by atoms with Crippen molar-refractivity contribution in [1.29, 1.82) is 0 Å². The van der Waals surface area contributed by atoms with Crippen molar-refractivity contribution in [2.75, 3.05) is 19.4 Å². The van der Waals surface area contributed by atoms with Crippen molar-refractivity contribution in [2.24, 2.45) is 0 Å². The predicted octanol–water partition coefficient (Wildman–Crippen LogP) is 1.87. The average Bonchev–Trinajstić information content (AvgIpc) is 2.30. The highest BCUT2D eigenvalue weighted by Gasteiger charge is 2.14. The number of carbonyl (C=O) groups excluding carboxylic acids is 1. The summed E-state index contributed by atoms with van der Waals surface area (Å²) in [4.78, 5) is 11.2. The van der Waals surface area contributed by atoms with Crippen molar-refractivity contribution < 1.29 is 19.5 Å². The van der Waals surface area contributed by atoms with Crippen LogP contribution in [0.2, 0.25) is 0 Å². The van der Waals surface area contributed by atoms with Gasteiger partial charge in [0, 0.05) is 16.1 Å². The zero-order valence-corrected chi connectivity index (χ0v) is 10.9. The summed E-state index contributed by atoms with van der Waals surface area (Å²) in [6.45, 7) is 0. The third-order valence-electron chi connectivity index (χ3n) is 2.13. The van der Waals surface area contributed by atoms with E-state index in [2.05, 4.69) is 20.7 Å². The predicted molar refractivity (Wildman–Crippen MR) is 64.0 cm³/mol. The summed E-state index contributed by atoms with van der Waals surface area (Å²) < 4.78 is 10.1. The molecule has 1 rings (SSSR count). The highest BCUT2D eigenvalue weighted by atomic mass is 79.9. The fourth-order valence-corrected chi connectivity index (χ4v) is 1.85. The topological polar surface area (TPSA) is 82.1 Å². The van der Waals surface area contributed by atoms with Gasteiger partial charge >= 0.3 is 5.97 Å². The van der Waals surface area contributed by atoms with Crippen LogP contribution in [-0.4, -0.2) is 25.4 Å². The number of esters is 1. The first-order valence-electron chi connectivity index (χ1n) is 4.59. The number of benzene rings is 1. The van der Waals surface area contributed by atoms with Gasteiger partial charge in [-0.05, 0) is 6.07 Å². The van der Waals surface area contributed by atoms with Gasteiger partial charge in [0.2, 0.25) is 0 Å². The monoisotopic (exact) mass is 304 g/mol. The van der Waals surface area contributed by atoms with E-state index in [0.717, 1.165) is 0 Å². The molecule has 1 aromatic carbocycles. The lowest BCUT2D eigenvalue weighted by Crippen LogP contribution is -2.10. The maximum absolute atomic E-state index is 11.2. The van der Waals surface area contributed by atoms with Crippen molar-refractivity contribution in [1.82, 2.24) is 0 Å². The number of halogens is 1. The maximum Gasteiger partial charge on any atom is 0.310 e. The maximum atomic E-state index is 11.2. The minimum Gasteiger partial charge on any atom is -0.733 e. The van der Waals surface area contributed by atoms with Crippen LogP contribution >= 0.6 is 15.9 Å². The van der Waals surface area contributed by atoms with E-state index in [1.165, 1.54) is 26.4 Å². The van der Waals surface area contributed by atoms with Gasteiger partial charge in [0.15, 0.2) is 0 Å². The Hall–Kier alpha value is -1.31. The van der Waals surface area contributed by atoms with Gasteiger partial charge in [0.25, 0.3) is 0 Å². The van der Waals surface area contributed by atoms with Gasteiger partial charge < -0.3 is 19.9 Å². The minimum absolute atomic E-state index is 0.00217. The Morgan fingerprint density at radius 3 is 2.65 bits per heavy atom. The Balaban J connectivity index is 3.16. The van der Waals surface area contributed by atoms with Crippen LogP contribution in [0.3, 0.4) is 0 Å². The number of nitrogens with zero attached hydrogens (tertiary/aromatic N) is 1. The van der Waals surface area contributed by atoms with Gasteiger partial charge in [0.1, 0.15) is 5.75 Å². The summed E-state index contributed by atoms with van der Waals surface area (Å²) in [6, 6.07) is 2.71. The van der Waals surface area contributed by atoms with E-state index in [0.29, 0.717) is 15.8 Å². The second kappa shape index (κ2) is 5.85. The van der Waals surface area contributed by atoms with E-state index < -0.39 is 5.97 Å². The molecule has 0 saturated carbocycles. The Morgan fingerprint density at radius 2 is 2.18 bits per heavy atom. The molecule has 0 aliphatic heterocycles. The second-order valence-corrected chi connectivity index (χ2v) is 3.99. The normalized spacial score (nSPS) is 9.94. The molecule has 0 bridgehead atoms. The molecule has 0 spiro atoms. The molecule has 0 fully saturated rings. The smallest absolute Gasteiger partial charge is 0.310 e. The molecule has 17 heavy (non-hydrogen) atoms. The second-order valence-electron chi connectivity index (χ2n) is 3.13. The third kappa shape index (κ3) is 3.32. The van der Waals surface area contributed by atoms with Crippen molar-refractivity contribution >= 4 is 27.6 Å². The fraction of sp³-hybridized carbons (Fsp3) is 0.300. The van der Waals surface area contributed by atoms with E-state index >= 15 is 0 Å². The number of methoxy groups -OCH3 is 2. The molecule has 7 heteroatoms. The van der Waals surface area contributed by atoms with Crippen LogP contribution in [0.1, 0.15) is 5.56 Å². The molecule has 0 aliphatic rings. The Bertz CT molecular complexity index is 421. The van der Waals surface area contributed by atoms with E-state index in [4.69, 9.17) is 9.94 Å². The molecule has 0 heterocycles. The van der Waals surface area contributed by atoms with Gasteiger partial charge in [-0.3, -0.25) is 10.0 Å². The molecule has 0 aromatic heterocycles. The van der Waals surface area contributed by atoms with Gasteiger partial charge in [-0.25, -0.2) is 0 Å². The molecular weight excluding hydrogens is 294 g/mol. The number of rotatable bonds is 4. The Labute approximate surface area is 106 Å². The molecule has 0 atom stereocenters. The largest absolute Gasteiger partial charge is 0.733 e. The summed E-state index contributed by atoms with van der Waals surface area (Å²) in [7, 11) is 2.68. The standard InChI is InChI=1S/C10H11BrNO5/c1-16-9-4-6(12(14)15)3-8(11)7(9)5-10(13)17-2/h3-4,14H,5H2,1-2H3/q-1. The van der Waals surface area contributed by atoms with Crippen molar-refractivity contribution in [2.45, 2.75) is 6.42 Å². The van der Waals surface area contributed by atoms with Crippen LogP contribution in [0.15, 0.2) is 16.6 Å². The minimum atomic E-state index is -0.431. The molecule has 0 amide bonds. The molecular formula is C10H11BrNO5-. The van der Waals surface area contributed by atoms with Gasteiger partial charge in [-0.2, -0.15) is 0 Å². The van der Waals surface area contributed by atoms with E-state index in [1.807, 2.05) is 0 Å². The summed E-state index contributed by atoms with van der Waals surface area (Å²) in [6.07, 6.45) is 0.00478. The average molecular weight is 305 g/mol. The number of carbonyl (C=O) groups is 1.